The first kappa shape index (κ1) is 27.9. The van der Waals surface area contributed by atoms with E-state index in [4.69, 9.17) is 0 Å². The molecule has 0 fully saturated rings. The van der Waals surface area contributed by atoms with Crippen molar-refractivity contribution in [2.24, 2.45) is 0 Å². The summed E-state index contributed by atoms with van der Waals surface area (Å²) < 4.78 is 26.6. The summed E-state index contributed by atoms with van der Waals surface area (Å²) >= 11 is 0. The maximum atomic E-state index is 13.9. The van der Waals surface area contributed by atoms with Crippen LogP contribution in [0.25, 0.3) is 0 Å². The van der Waals surface area contributed by atoms with Crippen molar-refractivity contribution < 1.29 is 18.0 Å². The van der Waals surface area contributed by atoms with Crippen LogP contribution in [0.5, 0.6) is 0 Å². The van der Waals surface area contributed by atoms with Crippen LogP contribution in [0.15, 0.2) is 84.9 Å². The minimum Gasteiger partial charge on any atom is -0.352 e. The number of nitrogens with one attached hydrogen (secondary N) is 1. The molecule has 8 heteroatoms. The minimum absolute atomic E-state index is 0.126. The van der Waals surface area contributed by atoms with Crippen LogP contribution in [0.3, 0.4) is 0 Å². The molecule has 0 bridgehead atoms. The van der Waals surface area contributed by atoms with Gasteiger partial charge in [-0.05, 0) is 49.6 Å². The lowest BCUT2D eigenvalue weighted by molar-refractivity contribution is -0.140. The first-order valence-corrected chi connectivity index (χ1v) is 14.1. The molecule has 1 N–H and O–H groups in total. The van der Waals surface area contributed by atoms with Crippen molar-refractivity contribution in [3.63, 3.8) is 0 Å². The molecule has 0 aliphatic heterocycles. The highest BCUT2D eigenvalue weighted by Gasteiger charge is 2.33. The Balaban J connectivity index is 2.03. The fourth-order valence-electron chi connectivity index (χ4n) is 4.11. The van der Waals surface area contributed by atoms with Gasteiger partial charge in [0, 0.05) is 19.0 Å². The molecule has 0 heterocycles. The fraction of sp³-hybridized carbons (Fsp3) is 0.310. The van der Waals surface area contributed by atoms with Crippen molar-refractivity contribution in [1.82, 2.24) is 10.2 Å². The molecule has 37 heavy (non-hydrogen) atoms. The SMILES string of the molecule is Cc1cccc(N(CC(=O)N(Cc2ccccc2)[C@H](Cc2ccccc2)C(=O)NC(C)C)S(C)(=O)=O)c1. The molecule has 0 aliphatic rings. The lowest BCUT2D eigenvalue weighted by Crippen LogP contribution is -2.54. The molecule has 0 unspecified atom stereocenters. The Bertz CT molecular complexity index is 1290. The van der Waals surface area contributed by atoms with Gasteiger partial charge in [-0.15, -0.1) is 0 Å². The van der Waals surface area contributed by atoms with Gasteiger partial charge in [-0.25, -0.2) is 8.42 Å². The van der Waals surface area contributed by atoms with E-state index in [0.29, 0.717) is 12.1 Å². The third kappa shape index (κ3) is 8.18. The maximum absolute atomic E-state index is 13.9. The standard InChI is InChI=1S/C29H35N3O4S/c1-22(2)30-29(34)27(19-24-13-7-5-8-14-24)31(20-25-15-9-6-10-16-25)28(33)21-32(37(4,35)36)26-17-11-12-23(3)18-26/h5-18,22,27H,19-21H2,1-4H3,(H,30,34)/t27-/m1/s1. The summed E-state index contributed by atoms with van der Waals surface area (Å²) in [6.45, 7) is 5.33. The van der Waals surface area contributed by atoms with Gasteiger partial charge in [0.05, 0.1) is 11.9 Å². The quantitative estimate of drug-likeness (QED) is 0.414. The molecule has 0 aromatic heterocycles. The van der Waals surface area contributed by atoms with Gasteiger partial charge >= 0.3 is 0 Å². The van der Waals surface area contributed by atoms with E-state index in [2.05, 4.69) is 5.32 Å². The summed E-state index contributed by atoms with van der Waals surface area (Å²) in [4.78, 5) is 28.9. The minimum atomic E-state index is -3.77. The molecule has 3 rings (SSSR count). The van der Waals surface area contributed by atoms with Gasteiger partial charge in [-0.1, -0.05) is 72.8 Å². The van der Waals surface area contributed by atoms with Crippen LogP contribution in [0.2, 0.25) is 0 Å². The van der Waals surface area contributed by atoms with Crippen molar-refractivity contribution in [3.05, 3.63) is 102 Å². The predicted molar refractivity (Wildman–Crippen MR) is 148 cm³/mol. The number of sulfonamides is 1. The predicted octanol–water partition coefficient (Wildman–Crippen LogP) is 3.93. The van der Waals surface area contributed by atoms with E-state index >= 15 is 0 Å². The van der Waals surface area contributed by atoms with Crippen LogP contribution in [-0.2, 0) is 32.6 Å². The molecule has 0 saturated carbocycles. The lowest BCUT2D eigenvalue weighted by Gasteiger charge is -2.34. The Morgan fingerprint density at radius 1 is 0.865 bits per heavy atom. The Morgan fingerprint density at radius 3 is 2.00 bits per heavy atom. The second kappa shape index (κ2) is 12.5. The zero-order chi connectivity index (χ0) is 27.0. The summed E-state index contributed by atoms with van der Waals surface area (Å²) in [6, 6.07) is 24.9. The largest absolute Gasteiger partial charge is 0.352 e. The summed E-state index contributed by atoms with van der Waals surface area (Å²) in [5.41, 5.74) is 3.02. The molecule has 7 nitrogen and oxygen atoms in total. The number of carbonyl (C=O) groups is 2. The zero-order valence-corrected chi connectivity index (χ0v) is 22.6. The number of aryl methyl sites for hydroxylation is 1. The summed E-state index contributed by atoms with van der Waals surface area (Å²) in [5, 5.41) is 2.94. The highest BCUT2D eigenvalue weighted by atomic mass is 32.2. The number of hydrogen-bond acceptors (Lipinski definition) is 4. The normalized spacial score (nSPS) is 12.1. The third-order valence-electron chi connectivity index (χ3n) is 5.87. The number of rotatable bonds is 11. The Hall–Kier alpha value is -3.65. The second-order valence-corrected chi connectivity index (χ2v) is 11.4. The first-order chi connectivity index (χ1) is 17.5. The van der Waals surface area contributed by atoms with Crippen molar-refractivity contribution in [3.8, 4) is 0 Å². The number of anilines is 1. The van der Waals surface area contributed by atoms with Gasteiger partial charge in [0.2, 0.25) is 21.8 Å². The molecular formula is C29H35N3O4S. The average molecular weight is 522 g/mol. The van der Waals surface area contributed by atoms with E-state index in [-0.39, 0.29) is 18.5 Å². The van der Waals surface area contributed by atoms with Gasteiger partial charge < -0.3 is 10.2 Å². The fourth-order valence-corrected chi connectivity index (χ4v) is 4.95. The Labute approximate surface area is 220 Å². The van der Waals surface area contributed by atoms with Crippen LogP contribution < -0.4 is 9.62 Å². The van der Waals surface area contributed by atoms with Gasteiger partial charge in [-0.2, -0.15) is 0 Å². The van der Waals surface area contributed by atoms with Gasteiger partial charge in [0.1, 0.15) is 12.6 Å². The molecule has 0 aliphatic carbocycles. The second-order valence-electron chi connectivity index (χ2n) is 9.48. The molecule has 1 atom stereocenters. The summed E-state index contributed by atoms with van der Waals surface area (Å²) in [7, 11) is -3.77. The number of carbonyl (C=O) groups excluding carboxylic acids is 2. The first-order valence-electron chi connectivity index (χ1n) is 12.3. The topological polar surface area (TPSA) is 86.8 Å². The van der Waals surface area contributed by atoms with E-state index in [1.165, 1.54) is 4.90 Å². The smallest absolute Gasteiger partial charge is 0.244 e. The Kier molecular flexibility index (Phi) is 9.47. The highest BCUT2D eigenvalue weighted by Crippen LogP contribution is 2.21. The van der Waals surface area contributed by atoms with Gasteiger partial charge in [0.25, 0.3) is 0 Å². The summed E-state index contributed by atoms with van der Waals surface area (Å²) in [6.07, 6.45) is 1.37. The van der Waals surface area contributed by atoms with E-state index in [0.717, 1.165) is 27.3 Å². The molecule has 196 valence electrons. The monoisotopic (exact) mass is 521 g/mol. The molecule has 0 spiro atoms. The van der Waals surface area contributed by atoms with Crippen molar-refractivity contribution >= 4 is 27.5 Å². The van der Waals surface area contributed by atoms with Crippen molar-refractivity contribution in [1.29, 1.82) is 0 Å². The van der Waals surface area contributed by atoms with E-state index < -0.39 is 28.5 Å². The lowest BCUT2D eigenvalue weighted by atomic mass is 10.0. The van der Waals surface area contributed by atoms with Gasteiger partial charge in [-0.3, -0.25) is 13.9 Å². The van der Waals surface area contributed by atoms with Crippen molar-refractivity contribution in [2.75, 3.05) is 17.1 Å². The van der Waals surface area contributed by atoms with Gasteiger partial charge in [0.15, 0.2) is 0 Å². The van der Waals surface area contributed by atoms with Crippen LogP contribution in [-0.4, -0.2) is 50.0 Å². The molecule has 0 saturated heterocycles. The van der Waals surface area contributed by atoms with Crippen LogP contribution in [0.1, 0.15) is 30.5 Å². The highest BCUT2D eigenvalue weighted by molar-refractivity contribution is 7.92. The summed E-state index contributed by atoms with van der Waals surface area (Å²) in [5.74, 6) is -0.750. The number of nitrogens with zero attached hydrogens (tertiary/aromatic N) is 2. The molecule has 3 aromatic rings. The van der Waals surface area contributed by atoms with E-state index in [1.807, 2.05) is 87.5 Å². The maximum Gasteiger partial charge on any atom is 0.244 e. The van der Waals surface area contributed by atoms with Crippen LogP contribution in [0, 0.1) is 6.92 Å². The number of amides is 2. The number of hydrogen-bond donors (Lipinski definition) is 1. The molecular weight excluding hydrogens is 486 g/mol. The van der Waals surface area contributed by atoms with Crippen LogP contribution >= 0.6 is 0 Å². The Morgan fingerprint density at radius 2 is 1.46 bits per heavy atom. The average Bonchev–Trinajstić information content (AvgIpc) is 2.84. The van der Waals surface area contributed by atoms with Crippen molar-refractivity contribution in [2.45, 2.75) is 45.8 Å². The zero-order valence-electron chi connectivity index (χ0n) is 21.8. The van der Waals surface area contributed by atoms with Crippen LogP contribution in [0.4, 0.5) is 5.69 Å². The van der Waals surface area contributed by atoms with E-state index in [1.54, 1.807) is 18.2 Å². The molecule has 2 amide bonds. The molecule has 0 radical (unpaired) electrons. The third-order valence-corrected chi connectivity index (χ3v) is 7.01. The molecule has 3 aromatic carbocycles. The van der Waals surface area contributed by atoms with E-state index in [9.17, 15) is 18.0 Å². The number of benzene rings is 3.